The van der Waals surface area contributed by atoms with Crippen LogP contribution >= 0.6 is 12.2 Å². The van der Waals surface area contributed by atoms with Crippen molar-refractivity contribution in [3.8, 4) is 0 Å². The zero-order valence-electron chi connectivity index (χ0n) is 4.00. The van der Waals surface area contributed by atoms with Gasteiger partial charge in [0.25, 0.3) is 0 Å². The fourth-order valence-electron chi connectivity index (χ4n) is 0.175. The van der Waals surface area contributed by atoms with E-state index in [1.807, 2.05) is 0 Å². The molecule has 0 bridgehead atoms. The summed E-state index contributed by atoms with van der Waals surface area (Å²) >= 11 is 8.79. The highest BCUT2D eigenvalue weighted by Gasteiger charge is 1.90. The molecule has 0 amide bonds. The quantitative estimate of drug-likeness (QED) is 0.261. The van der Waals surface area contributed by atoms with Gasteiger partial charge >= 0.3 is 0 Å². The van der Waals surface area contributed by atoms with Gasteiger partial charge in [0.15, 0.2) is 6.29 Å². The average Bonchev–Trinajstić information content (AvgIpc) is 1.61. The Kier molecular flexibility index (Phi) is 3.98. The number of hydrogen-bond acceptors (Lipinski definition) is 4. The van der Waals surface area contributed by atoms with E-state index in [4.69, 9.17) is 10.2 Å². The van der Waals surface area contributed by atoms with Crippen LogP contribution in [0.1, 0.15) is 0 Å². The first-order valence-corrected chi connectivity index (χ1v) is 2.75. The molecule has 0 saturated carbocycles. The molecule has 3 N–H and O–H groups in total. The predicted molar refractivity (Wildman–Crippen MR) is 36.2 cm³/mol. The van der Waals surface area contributed by atoms with Crippen molar-refractivity contribution in [2.75, 3.05) is 6.54 Å². The van der Waals surface area contributed by atoms with E-state index >= 15 is 0 Å². The molecule has 0 aromatic heterocycles. The van der Waals surface area contributed by atoms with Crippen LogP contribution in [0.5, 0.6) is 0 Å². The first kappa shape index (κ1) is 8.03. The summed E-state index contributed by atoms with van der Waals surface area (Å²) in [6.07, 6.45) is -1.38. The third-order valence-electron chi connectivity index (χ3n) is 0.429. The predicted octanol–water partition coefficient (Wildman–Crippen LogP) is -1.28. The molecule has 3 nitrogen and oxygen atoms in total. The van der Waals surface area contributed by atoms with E-state index in [1.165, 1.54) is 0 Å². The standard InChI is InChI=1S/C3H7NO2S2/c5-2(6)1-4-3(7)8/h2,5-6H,1H2,(H2,4,7,8)/p-1. The highest BCUT2D eigenvalue weighted by atomic mass is 32.1. The van der Waals surface area contributed by atoms with Crippen LogP contribution in [0.3, 0.4) is 0 Å². The van der Waals surface area contributed by atoms with E-state index in [1.54, 1.807) is 0 Å². The maximum absolute atomic E-state index is 8.19. The smallest absolute Gasteiger partial charge is 0.168 e. The Morgan fingerprint density at radius 2 is 2.25 bits per heavy atom. The van der Waals surface area contributed by atoms with Crippen molar-refractivity contribution >= 4 is 29.2 Å². The summed E-state index contributed by atoms with van der Waals surface area (Å²) < 4.78 is 0.151. The van der Waals surface area contributed by atoms with Crippen molar-refractivity contribution in [1.82, 2.24) is 5.32 Å². The second-order valence-electron chi connectivity index (χ2n) is 1.15. The van der Waals surface area contributed by atoms with Crippen molar-refractivity contribution in [3.63, 3.8) is 0 Å². The third kappa shape index (κ3) is 6.03. The molecule has 0 aromatic carbocycles. The van der Waals surface area contributed by atoms with Gasteiger partial charge < -0.3 is 40.4 Å². The molecule has 0 atom stereocenters. The van der Waals surface area contributed by atoms with Gasteiger partial charge in [-0.1, -0.05) is 4.32 Å². The van der Waals surface area contributed by atoms with Crippen molar-refractivity contribution in [1.29, 1.82) is 0 Å². The van der Waals surface area contributed by atoms with Gasteiger partial charge in [0.05, 0.1) is 6.54 Å². The number of hydrogen-bond donors (Lipinski definition) is 3. The molecule has 0 rings (SSSR count). The topological polar surface area (TPSA) is 52.5 Å². The van der Waals surface area contributed by atoms with Gasteiger partial charge in [0.1, 0.15) is 0 Å². The van der Waals surface area contributed by atoms with Crippen LogP contribution in [0.4, 0.5) is 0 Å². The van der Waals surface area contributed by atoms with E-state index in [2.05, 4.69) is 30.2 Å². The van der Waals surface area contributed by atoms with E-state index in [0.29, 0.717) is 0 Å². The van der Waals surface area contributed by atoms with Gasteiger partial charge in [-0.2, -0.15) is 0 Å². The van der Waals surface area contributed by atoms with Crippen molar-refractivity contribution < 1.29 is 10.2 Å². The van der Waals surface area contributed by atoms with Gasteiger partial charge in [-0.3, -0.25) is 0 Å². The number of thiocarbonyl (C=S) groups is 1. The van der Waals surface area contributed by atoms with Crippen LogP contribution in [0, 0.1) is 0 Å². The lowest BCUT2D eigenvalue weighted by Crippen LogP contribution is -2.29. The zero-order chi connectivity index (χ0) is 6.57. The number of rotatable bonds is 2. The van der Waals surface area contributed by atoms with Crippen molar-refractivity contribution in [2.24, 2.45) is 0 Å². The summed E-state index contributed by atoms with van der Waals surface area (Å²) in [6.45, 7) is 0.00231. The molecular weight excluding hydrogens is 146 g/mol. The number of nitrogens with one attached hydrogen (secondary N) is 1. The summed E-state index contributed by atoms with van der Waals surface area (Å²) in [5.74, 6) is 0. The molecule has 0 unspecified atom stereocenters. The van der Waals surface area contributed by atoms with Crippen molar-refractivity contribution in [3.05, 3.63) is 0 Å². The largest absolute Gasteiger partial charge is 0.412 e. The second kappa shape index (κ2) is 3.96. The normalized spacial score (nSPS) is 9.38. The third-order valence-corrected chi connectivity index (χ3v) is 0.718. The van der Waals surface area contributed by atoms with Gasteiger partial charge in [-0.15, -0.1) is 0 Å². The molecule has 0 aliphatic heterocycles. The van der Waals surface area contributed by atoms with E-state index in [9.17, 15) is 0 Å². The maximum atomic E-state index is 8.19. The molecule has 0 spiro atoms. The van der Waals surface area contributed by atoms with Crippen LogP contribution in [-0.2, 0) is 12.6 Å². The molecule has 0 aliphatic rings. The summed E-state index contributed by atoms with van der Waals surface area (Å²) in [5.41, 5.74) is 0. The van der Waals surface area contributed by atoms with Gasteiger partial charge in [0.2, 0.25) is 0 Å². The molecule has 5 heteroatoms. The Morgan fingerprint density at radius 1 is 1.75 bits per heavy atom. The Hall–Kier alpha value is 0.0300. The summed E-state index contributed by atoms with van der Waals surface area (Å²) in [7, 11) is 0. The Balaban J connectivity index is 3.05. The molecule has 0 heterocycles. The molecular formula is C3H6NO2S2-. The highest BCUT2D eigenvalue weighted by molar-refractivity contribution is 8.00. The Bertz CT molecular complexity index is 85.4. The summed E-state index contributed by atoms with van der Waals surface area (Å²) in [4.78, 5) is 0. The fourth-order valence-corrected chi connectivity index (χ4v) is 0.341. The Morgan fingerprint density at radius 3 is 2.38 bits per heavy atom. The first-order chi connectivity index (χ1) is 3.63. The minimum absolute atomic E-state index is 0.00231. The molecule has 0 radical (unpaired) electrons. The second-order valence-corrected chi connectivity index (χ2v) is 2.22. The fraction of sp³-hybridized carbons (Fsp3) is 0.667. The molecule has 0 aliphatic carbocycles. The van der Waals surface area contributed by atoms with Crippen LogP contribution < -0.4 is 5.32 Å². The Labute approximate surface area is 58.1 Å². The van der Waals surface area contributed by atoms with Gasteiger partial charge in [-0.25, -0.2) is 0 Å². The van der Waals surface area contributed by atoms with E-state index in [-0.39, 0.29) is 10.9 Å². The molecule has 0 saturated heterocycles. The van der Waals surface area contributed by atoms with Crippen molar-refractivity contribution in [2.45, 2.75) is 6.29 Å². The van der Waals surface area contributed by atoms with E-state index < -0.39 is 6.29 Å². The molecule has 0 fully saturated rings. The van der Waals surface area contributed by atoms with Gasteiger partial charge in [0, 0.05) is 0 Å². The highest BCUT2D eigenvalue weighted by Crippen LogP contribution is 1.70. The van der Waals surface area contributed by atoms with Crippen LogP contribution in [0.15, 0.2) is 0 Å². The minimum Gasteiger partial charge on any atom is -0.412 e. The summed E-state index contributed by atoms with van der Waals surface area (Å²) in [6, 6.07) is 0. The molecule has 8 heavy (non-hydrogen) atoms. The SMILES string of the molecule is OC(O)CNC(=S)[S-]. The lowest BCUT2D eigenvalue weighted by molar-refractivity contribution is -0.0339. The number of aliphatic hydroxyl groups excluding tert-OH is 1. The monoisotopic (exact) mass is 152 g/mol. The summed E-state index contributed by atoms with van der Waals surface area (Å²) in [5, 5.41) is 18.8. The molecule has 48 valence electrons. The van der Waals surface area contributed by atoms with Gasteiger partial charge in [-0.05, 0) is 0 Å². The average molecular weight is 152 g/mol. The zero-order valence-corrected chi connectivity index (χ0v) is 5.63. The van der Waals surface area contributed by atoms with Crippen LogP contribution in [0.2, 0.25) is 0 Å². The lowest BCUT2D eigenvalue weighted by atomic mass is 10.6. The van der Waals surface area contributed by atoms with Crippen LogP contribution in [0.25, 0.3) is 0 Å². The van der Waals surface area contributed by atoms with E-state index in [0.717, 1.165) is 0 Å². The molecule has 0 aromatic rings. The van der Waals surface area contributed by atoms with Crippen LogP contribution in [-0.4, -0.2) is 27.4 Å². The first-order valence-electron chi connectivity index (χ1n) is 1.94. The number of aliphatic hydroxyl groups is 2. The minimum atomic E-state index is -1.38. The lowest BCUT2D eigenvalue weighted by Gasteiger charge is -2.09. The maximum Gasteiger partial charge on any atom is 0.168 e.